The number of nitrogens with one attached hydrogen (secondary N) is 1. The van der Waals surface area contributed by atoms with Gasteiger partial charge in [0.15, 0.2) is 11.6 Å². The van der Waals surface area contributed by atoms with Crippen molar-refractivity contribution < 1.29 is 14.4 Å². The molecule has 0 bridgehead atoms. The summed E-state index contributed by atoms with van der Waals surface area (Å²) in [6, 6.07) is 0. The van der Waals surface area contributed by atoms with Crippen molar-refractivity contribution in [3.05, 3.63) is 23.9 Å². The highest BCUT2D eigenvalue weighted by Gasteiger charge is 2.36. The molecule has 0 unspecified atom stereocenters. The Bertz CT molecular complexity index is 455. The lowest BCUT2D eigenvalue weighted by Crippen LogP contribution is -2.34. The van der Waals surface area contributed by atoms with E-state index in [1.54, 1.807) is 6.08 Å². The molecule has 2 saturated carbocycles. The smallest absolute Gasteiger partial charge is 0.168 e. The first-order valence-corrected chi connectivity index (χ1v) is 8.95. The van der Waals surface area contributed by atoms with Crippen molar-refractivity contribution in [1.29, 1.82) is 0 Å². The Labute approximate surface area is 139 Å². The van der Waals surface area contributed by atoms with Gasteiger partial charge in [0, 0.05) is 12.8 Å². The molecule has 1 N–H and O–H groups in total. The number of hydrogen-bond acceptors (Lipinski definition) is 4. The number of hydroxylamine groups is 1. The van der Waals surface area contributed by atoms with Crippen molar-refractivity contribution in [1.82, 2.24) is 5.48 Å². The van der Waals surface area contributed by atoms with Gasteiger partial charge in [0.05, 0.1) is 17.9 Å². The molecule has 0 aromatic carbocycles. The molecule has 2 aliphatic rings. The average molecular weight is 319 g/mol. The standard InChI is InChI=1S/C19H29NO3/c1-3-8-16(20-23-11-4-2)19-17(21)12-15(13-18(19)22)14-9-6-5-7-10-14/h4,14-15,20H,2-3,5-13H2,1H3. The van der Waals surface area contributed by atoms with Gasteiger partial charge in [-0.05, 0) is 18.3 Å². The minimum Gasteiger partial charge on any atom is -0.294 e. The molecule has 0 aliphatic heterocycles. The van der Waals surface area contributed by atoms with Crippen molar-refractivity contribution in [3.63, 3.8) is 0 Å². The Morgan fingerprint density at radius 2 is 1.83 bits per heavy atom. The lowest BCUT2D eigenvalue weighted by molar-refractivity contribution is -0.126. The maximum atomic E-state index is 12.6. The van der Waals surface area contributed by atoms with E-state index in [1.807, 2.05) is 6.92 Å². The molecule has 0 heterocycles. The highest BCUT2D eigenvalue weighted by molar-refractivity contribution is 6.22. The Morgan fingerprint density at radius 1 is 1.17 bits per heavy atom. The van der Waals surface area contributed by atoms with Crippen LogP contribution in [0.1, 0.15) is 64.7 Å². The number of allylic oxidation sites excluding steroid dienone is 2. The van der Waals surface area contributed by atoms with Crippen LogP contribution in [0.25, 0.3) is 0 Å². The van der Waals surface area contributed by atoms with E-state index >= 15 is 0 Å². The van der Waals surface area contributed by atoms with E-state index in [-0.39, 0.29) is 17.5 Å². The Hall–Kier alpha value is -1.42. The molecule has 2 rings (SSSR count). The predicted molar refractivity (Wildman–Crippen MR) is 90.5 cm³/mol. The second-order valence-electron chi connectivity index (χ2n) is 6.72. The van der Waals surface area contributed by atoms with Gasteiger partial charge in [-0.3, -0.25) is 19.9 Å². The van der Waals surface area contributed by atoms with Crippen LogP contribution in [0, 0.1) is 11.8 Å². The van der Waals surface area contributed by atoms with Gasteiger partial charge in [-0.15, -0.1) is 6.58 Å². The van der Waals surface area contributed by atoms with Crippen LogP contribution in [0.4, 0.5) is 0 Å². The summed E-state index contributed by atoms with van der Waals surface area (Å²) in [4.78, 5) is 30.5. The molecular weight excluding hydrogens is 290 g/mol. The second kappa shape index (κ2) is 9.02. The van der Waals surface area contributed by atoms with Crippen molar-refractivity contribution in [2.24, 2.45) is 11.8 Å². The molecular formula is C19H29NO3. The Morgan fingerprint density at radius 3 is 2.39 bits per heavy atom. The van der Waals surface area contributed by atoms with Crippen LogP contribution in [0.15, 0.2) is 23.9 Å². The zero-order valence-corrected chi connectivity index (χ0v) is 14.2. The normalized spacial score (nSPS) is 23.0. The summed E-state index contributed by atoms with van der Waals surface area (Å²) in [6.45, 7) is 5.96. The zero-order chi connectivity index (χ0) is 16.7. The van der Waals surface area contributed by atoms with Crippen LogP contribution < -0.4 is 5.48 Å². The van der Waals surface area contributed by atoms with Crippen LogP contribution in [0.2, 0.25) is 0 Å². The van der Waals surface area contributed by atoms with Crippen LogP contribution in [0.5, 0.6) is 0 Å². The van der Waals surface area contributed by atoms with Crippen LogP contribution >= 0.6 is 0 Å². The molecule has 0 amide bonds. The fourth-order valence-electron chi connectivity index (χ4n) is 3.85. The van der Waals surface area contributed by atoms with Crippen LogP contribution in [0.3, 0.4) is 0 Å². The minimum atomic E-state index is -0.00465. The molecule has 2 fully saturated rings. The summed E-state index contributed by atoms with van der Waals surface area (Å²) in [5.74, 6) is 0.791. The van der Waals surface area contributed by atoms with Crippen molar-refractivity contribution >= 4 is 11.6 Å². The largest absolute Gasteiger partial charge is 0.294 e. The Kier molecular flexibility index (Phi) is 7.03. The van der Waals surface area contributed by atoms with E-state index in [4.69, 9.17) is 4.84 Å². The van der Waals surface area contributed by atoms with E-state index < -0.39 is 0 Å². The lowest BCUT2D eigenvalue weighted by atomic mass is 9.71. The van der Waals surface area contributed by atoms with Crippen molar-refractivity contribution in [2.45, 2.75) is 64.7 Å². The SMILES string of the molecule is C=CCONC(CCC)=C1C(=O)CC(C2CCCCC2)CC1=O. The molecule has 0 aromatic rings. The number of Topliss-reactive ketones (excluding diaryl/α,β-unsaturated/α-hetero) is 2. The van der Waals surface area contributed by atoms with Gasteiger partial charge in [0.1, 0.15) is 0 Å². The first kappa shape index (κ1) is 17.9. The fraction of sp³-hybridized carbons (Fsp3) is 0.684. The quantitative estimate of drug-likeness (QED) is 0.254. The summed E-state index contributed by atoms with van der Waals surface area (Å²) in [7, 11) is 0. The molecule has 0 aromatic heterocycles. The van der Waals surface area contributed by atoms with Gasteiger partial charge in [-0.1, -0.05) is 51.5 Å². The van der Waals surface area contributed by atoms with Gasteiger partial charge >= 0.3 is 0 Å². The highest BCUT2D eigenvalue weighted by atomic mass is 16.6. The molecule has 0 radical (unpaired) electrons. The van der Waals surface area contributed by atoms with Crippen molar-refractivity contribution in [3.8, 4) is 0 Å². The fourth-order valence-corrected chi connectivity index (χ4v) is 3.85. The summed E-state index contributed by atoms with van der Waals surface area (Å²) >= 11 is 0. The molecule has 0 spiro atoms. The zero-order valence-electron chi connectivity index (χ0n) is 14.2. The molecule has 128 valence electrons. The first-order valence-electron chi connectivity index (χ1n) is 8.95. The summed E-state index contributed by atoms with van der Waals surface area (Å²) in [6.07, 6.45) is 10.3. The monoisotopic (exact) mass is 319 g/mol. The Balaban J connectivity index is 2.09. The number of hydrogen-bond donors (Lipinski definition) is 1. The van der Waals surface area contributed by atoms with E-state index in [2.05, 4.69) is 12.1 Å². The number of carbonyl (C=O) groups excluding carboxylic acids is 2. The first-order chi connectivity index (χ1) is 11.2. The second-order valence-corrected chi connectivity index (χ2v) is 6.72. The van der Waals surface area contributed by atoms with Gasteiger partial charge in [-0.2, -0.15) is 0 Å². The maximum absolute atomic E-state index is 12.6. The van der Waals surface area contributed by atoms with Crippen LogP contribution in [-0.4, -0.2) is 18.2 Å². The van der Waals surface area contributed by atoms with E-state index in [0.717, 1.165) is 6.42 Å². The topological polar surface area (TPSA) is 55.4 Å². The summed E-state index contributed by atoms with van der Waals surface area (Å²) in [5, 5.41) is 0. The molecule has 4 nitrogen and oxygen atoms in total. The number of ketones is 2. The minimum absolute atomic E-state index is 0.00465. The summed E-state index contributed by atoms with van der Waals surface area (Å²) < 4.78 is 0. The average Bonchev–Trinajstić information content (AvgIpc) is 2.55. The van der Waals surface area contributed by atoms with Gasteiger partial charge in [0.25, 0.3) is 0 Å². The number of rotatable bonds is 7. The van der Waals surface area contributed by atoms with Crippen LogP contribution in [-0.2, 0) is 14.4 Å². The van der Waals surface area contributed by atoms with Gasteiger partial charge < -0.3 is 0 Å². The van der Waals surface area contributed by atoms with Gasteiger partial charge in [0.2, 0.25) is 0 Å². The lowest BCUT2D eigenvalue weighted by Gasteiger charge is -2.33. The molecule has 2 aliphatic carbocycles. The van der Waals surface area contributed by atoms with E-state index in [1.165, 1.54) is 32.1 Å². The molecule has 23 heavy (non-hydrogen) atoms. The van der Waals surface area contributed by atoms with Gasteiger partial charge in [-0.25, -0.2) is 0 Å². The third-order valence-electron chi connectivity index (χ3n) is 4.97. The third kappa shape index (κ3) is 4.77. The predicted octanol–water partition coefficient (Wildman–Crippen LogP) is 3.88. The number of carbonyl (C=O) groups is 2. The highest BCUT2D eigenvalue weighted by Crippen LogP contribution is 2.38. The third-order valence-corrected chi connectivity index (χ3v) is 4.97. The van der Waals surface area contributed by atoms with E-state index in [9.17, 15) is 9.59 Å². The van der Waals surface area contributed by atoms with E-state index in [0.29, 0.717) is 43.1 Å². The molecule has 0 atom stereocenters. The van der Waals surface area contributed by atoms with Crippen molar-refractivity contribution in [2.75, 3.05) is 6.61 Å². The summed E-state index contributed by atoms with van der Waals surface area (Å²) in [5.41, 5.74) is 3.81. The maximum Gasteiger partial charge on any atom is 0.168 e. The molecule has 0 saturated heterocycles. The molecule has 4 heteroatoms.